The van der Waals surface area contributed by atoms with Crippen molar-refractivity contribution < 1.29 is 18.1 Å². The first kappa shape index (κ1) is 15.6. The SMILES string of the molecule is Cc1ccc(CNc2c(F)cc([N+](=O)[O-])c(N)c2F)c(F)c1. The van der Waals surface area contributed by atoms with Crippen LogP contribution in [0.5, 0.6) is 0 Å². The summed E-state index contributed by atoms with van der Waals surface area (Å²) >= 11 is 0. The van der Waals surface area contributed by atoms with E-state index in [9.17, 15) is 23.3 Å². The van der Waals surface area contributed by atoms with Gasteiger partial charge < -0.3 is 11.1 Å². The van der Waals surface area contributed by atoms with Crippen molar-refractivity contribution in [2.45, 2.75) is 13.5 Å². The van der Waals surface area contributed by atoms with E-state index in [0.717, 1.165) is 0 Å². The third-order valence-corrected chi connectivity index (χ3v) is 3.10. The van der Waals surface area contributed by atoms with E-state index in [4.69, 9.17) is 5.73 Å². The minimum absolute atomic E-state index is 0.196. The third kappa shape index (κ3) is 2.95. The summed E-state index contributed by atoms with van der Waals surface area (Å²) in [7, 11) is 0. The molecule has 0 atom stereocenters. The number of nitro groups is 1. The first-order valence-corrected chi connectivity index (χ1v) is 6.22. The molecule has 0 aliphatic carbocycles. The number of halogens is 3. The molecule has 0 aliphatic rings. The lowest BCUT2D eigenvalue weighted by Crippen LogP contribution is -2.09. The van der Waals surface area contributed by atoms with Gasteiger partial charge in [-0.1, -0.05) is 12.1 Å². The van der Waals surface area contributed by atoms with Crippen molar-refractivity contribution >= 4 is 17.1 Å². The van der Waals surface area contributed by atoms with Gasteiger partial charge in [-0.15, -0.1) is 0 Å². The maximum Gasteiger partial charge on any atom is 0.298 e. The van der Waals surface area contributed by atoms with E-state index in [1.165, 1.54) is 12.1 Å². The average Bonchev–Trinajstić information content (AvgIpc) is 2.44. The monoisotopic (exact) mass is 311 g/mol. The van der Waals surface area contributed by atoms with Gasteiger partial charge in [-0.3, -0.25) is 10.1 Å². The van der Waals surface area contributed by atoms with Crippen LogP contribution in [0.3, 0.4) is 0 Å². The van der Waals surface area contributed by atoms with Crippen LogP contribution in [0.25, 0.3) is 0 Å². The normalized spacial score (nSPS) is 10.5. The molecule has 0 aliphatic heterocycles. The number of nitrogen functional groups attached to an aromatic ring is 1. The zero-order valence-electron chi connectivity index (χ0n) is 11.5. The summed E-state index contributed by atoms with van der Waals surface area (Å²) in [6.45, 7) is 1.51. The van der Waals surface area contributed by atoms with Gasteiger partial charge in [0.1, 0.15) is 17.2 Å². The molecule has 0 saturated heterocycles. The molecule has 0 bridgehead atoms. The molecular formula is C14H12F3N3O2. The summed E-state index contributed by atoms with van der Waals surface area (Å²) < 4.78 is 41.3. The fourth-order valence-corrected chi connectivity index (χ4v) is 1.91. The molecule has 0 fully saturated rings. The van der Waals surface area contributed by atoms with E-state index < -0.39 is 39.4 Å². The van der Waals surface area contributed by atoms with Crippen LogP contribution in [0.1, 0.15) is 11.1 Å². The average molecular weight is 311 g/mol. The lowest BCUT2D eigenvalue weighted by Gasteiger charge is -2.11. The predicted molar refractivity (Wildman–Crippen MR) is 75.9 cm³/mol. The molecule has 0 amide bonds. The zero-order valence-corrected chi connectivity index (χ0v) is 11.5. The minimum Gasteiger partial charge on any atom is -0.391 e. The number of nitrogens with two attached hydrogens (primary N) is 1. The second-order valence-electron chi connectivity index (χ2n) is 4.69. The summed E-state index contributed by atoms with van der Waals surface area (Å²) in [6, 6.07) is 4.93. The molecule has 0 heterocycles. The number of nitrogens with one attached hydrogen (secondary N) is 1. The number of hydrogen-bond acceptors (Lipinski definition) is 4. The molecule has 116 valence electrons. The Hall–Kier alpha value is -2.77. The molecule has 0 aromatic heterocycles. The highest BCUT2D eigenvalue weighted by Crippen LogP contribution is 2.32. The molecule has 8 heteroatoms. The molecule has 2 aromatic carbocycles. The Morgan fingerprint density at radius 1 is 1.23 bits per heavy atom. The van der Waals surface area contributed by atoms with Crippen molar-refractivity contribution in [3.63, 3.8) is 0 Å². The van der Waals surface area contributed by atoms with Gasteiger partial charge in [0.05, 0.1) is 11.0 Å². The molecule has 22 heavy (non-hydrogen) atoms. The van der Waals surface area contributed by atoms with Gasteiger partial charge in [-0.2, -0.15) is 0 Å². The van der Waals surface area contributed by atoms with Crippen LogP contribution in [0.15, 0.2) is 24.3 Å². The maximum atomic E-state index is 13.9. The maximum absolute atomic E-state index is 13.9. The number of nitro benzene ring substituents is 1. The molecule has 0 radical (unpaired) electrons. The summed E-state index contributed by atoms with van der Waals surface area (Å²) in [5.74, 6) is -2.98. The Morgan fingerprint density at radius 2 is 1.91 bits per heavy atom. The van der Waals surface area contributed by atoms with Gasteiger partial charge in [-0.25, -0.2) is 13.2 Å². The smallest absolute Gasteiger partial charge is 0.298 e. The van der Waals surface area contributed by atoms with Crippen molar-refractivity contribution in [2.75, 3.05) is 11.1 Å². The first-order chi connectivity index (χ1) is 10.3. The quantitative estimate of drug-likeness (QED) is 0.514. The zero-order chi connectivity index (χ0) is 16.4. The molecule has 2 rings (SSSR count). The van der Waals surface area contributed by atoms with Crippen molar-refractivity contribution in [3.05, 3.63) is 63.0 Å². The highest BCUT2D eigenvalue weighted by atomic mass is 19.1. The Labute approximate surface area is 123 Å². The van der Waals surface area contributed by atoms with Crippen LogP contribution < -0.4 is 11.1 Å². The Balaban J connectivity index is 2.30. The van der Waals surface area contributed by atoms with E-state index in [1.54, 1.807) is 13.0 Å². The van der Waals surface area contributed by atoms with Gasteiger partial charge in [0.25, 0.3) is 5.69 Å². The number of nitrogens with zero attached hydrogens (tertiary/aromatic N) is 1. The third-order valence-electron chi connectivity index (χ3n) is 3.10. The fraction of sp³-hybridized carbons (Fsp3) is 0.143. The molecular weight excluding hydrogens is 299 g/mol. The summed E-state index contributed by atoms with van der Waals surface area (Å²) in [5, 5.41) is 13.0. The van der Waals surface area contributed by atoms with Crippen LogP contribution >= 0.6 is 0 Å². The first-order valence-electron chi connectivity index (χ1n) is 6.22. The predicted octanol–water partition coefficient (Wildman–Crippen LogP) is 3.51. The van der Waals surface area contributed by atoms with Crippen LogP contribution in [-0.4, -0.2) is 4.92 Å². The van der Waals surface area contributed by atoms with Crippen LogP contribution in [-0.2, 0) is 6.54 Å². The molecule has 5 nitrogen and oxygen atoms in total. The molecule has 2 aromatic rings. The number of rotatable bonds is 4. The summed E-state index contributed by atoms with van der Waals surface area (Å²) in [4.78, 5) is 9.63. The van der Waals surface area contributed by atoms with E-state index in [0.29, 0.717) is 11.6 Å². The van der Waals surface area contributed by atoms with Gasteiger partial charge in [0.15, 0.2) is 11.6 Å². The van der Waals surface area contributed by atoms with Gasteiger partial charge in [0.2, 0.25) is 0 Å². The summed E-state index contributed by atoms with van der Waals surface area (Å²) in [6.07, 6.45) is 0. The van der Waals surface area contributed by atoms with E-state index in [-0.39, 0.29) is 12.1 Å². The lowest BCUT2D eigenvalue weighted by atomic mass is 10.1. The Kier molecular flexibility index (Phi) is 4.20. The Bertz CT molecular complexity index is 751. The highest BCUT2D eigenvalue weighted by molar-refractivity contribution is 5.68. The van der Waals surface area contributed by atoms with Gasteiger partial charge in [0, 0.05) is 12.1 Å². The van der Waals surface area contributed by atoms with Crippen molar-refractivity contribution in [3.8, 4) is 0 Å². The van der Waals surface area contributed by atoms with E-state index in [1.807, 2.05) is 0 Å². The van der Waals surface area contributed by atoms with Crippen molar-refractivity contribution in [1.29, 1.82) is 0 Å². The fourth-order valence-electron chi connectivity index (χ4n) is 1.91. The Morgan fingerprint density at radius 3 is 2.50 bits per heavy atom. The van der Waals surface area contributed by atoms with Crippen LogP contribution in [0, 0.1) is 34.5 Å². The number of anilines is 2. The number of benzene rings is 2. The summed E-state index contributed by atoms with van der Waals surface area (Å²) in [5.41, 5.74) is 3.90. The molecule has 3 N–H and O–H groups in total. The molecule has 0 unspecified atom stereocenters. The standard InChI is InChI=1S/C14H12F3N3O2/c1-7-2-3-8(9(15)4-7)6-19-14-10(16)5-11(20(21)22)13(18)12(14)17/h2-5,19H,6,18H2,1H3. The topological polar surface area (TPSA) is 81.2 Å². The van der Waals surface area contributed by atoms with Crippen molar-refractivity contribution in [2.24, 2.45) is 0 Å². The van der Waals surface area contributed by atoms with E-state index >= 15 is 0 Å². The van der Waals surface area contributed by atoms with E-state index in [2.05, 4.69) is 5.32 Å². The van der Waals surface area contributed by atoms with Gasteiger partial charge >= 0.3 is 0 Å². The van der Waals surface area contributed by atoms with Gasteiger partial charge in [-0.05, 0) is 18.6 Å². The number of aryl methyl sites for hydroxylation is 1. The van der Waals surface area contributed by atoms with Crippen LogP contribution in [0.2, 0.25) is 0 Å². The second-order valence-corrected chi connectivity index (χ2v) is 4.69. The lowest BCUT2D eigenvalue weighted by molar-refractivity contribution is -0.384. The van der Waals surface area contributed by atoms with Crippen molar-refractivity contribution in [1.82, 2.24) is 0 Å². The number of hydrogen-bond donors (Lipinski definition) is 2. The second kappa shape index (κ2) is 5.92. The molecule has 0 spiro atoms. The minimum atomic E-state index is -1.28. The van der Waals surface area contributed by atoms with Crippen LogP contribution in [0.4, 0.5) is 30.2 Å². The highest BCUT2D eigenvalue weighted by Gasteiger charge is 2.23. The largest absolute Gasteiger partial charge is 0.391 e. The molecule has 0 saturated carbocycles.